The van der Waals surface area contributed by atoms with Crippen molar-refractivity contribution in [3.8, 4) is 0 Å². The highest BCUT2D eigenvalue weighted by Crippen LogP contribution is 2.77. The van der Waals surface area contributed by atoms with Crippen molar-refractivity contribution in [1.82, 2.24) is 0 Å². The Labute approximate surface area is 288 Å². The van der Waals surface area contributed by atoms with Crippen LogP contribution in [0.15, 0.2) is 12.2 Å². The molecule has 2 N–H and O–H groups in total. The first-order valence-electron chi connectivity index (χ1n) is 18.7. The number of allylic oxidation sites excluding steroid dienone is 1. The highest BCUT2D eigenvalue weighted by Gasteiger charge is 2.71. The van der Waals surface area contributed by atoms with E-state index in [0.717, 1.165) is 64.2 Å². The van der Waals surface area contributed by atoms with Crippen LogP contribution in [0.25, 0.3) is 0 Å². The second-order valence-corrected chi connectivity index (χ2v) is 18.4. The molecule has 0 aromatic rings. The Morgan fingerprint density at radius 3 is 1.98 bits per heavy atom. The topological polar surface area (TPSA) is 127 Å². The molecule has 0 radical (unpaired) electrons. The van der Waals surface area contributed by atoms with E-state index < -0.39 is 35.7 Å². The lowest BCUT2D eigenvalue weighted by atomic mass is 9.32. The number of hydrogen-bond acceptors (Lipinski definition) is 6. The predicted octanol–water partition coefficient (Wildman–Crippen LogP) is 8.32. The molecule has 0 amide bonds. The standard InChI is InChI=1S/C40H62O8/c1-23(2)26-12-17-40(22-47-31(41)20-24(3)34(43)44)19-18-38(8)27(33(26)40)10-11-29-37(7)15-14-30(48-32(42)21-25(4)35(45)46)36(5,6)28(37)13-16-39(29,38)9/h24-30,33H,1,10-22H2,2-9H3,(H,43,44)(H,45,46). The lowest BCUT2D eigenvalue weighted by Gasteiger charge is -2.73. The van der Waals surface area contributed by atoms with E-state index in [-0.39, 0.29) is 46.0 Å². The molecular formula is C40H62O8. The van der Waals surface area contributed by atoms with Crippen LogP contribution in [0.3, 0.4) is 0 Å². The molecule has 12 atom stereocenters. The summed E-state index contributed by atoms with van der Waals surface area (Å²) in [5.41, 5.74) is 1.29. The van der Waals surface area contributed by atoms with Gasteiger partial charge in [-0.15, -0.1) is 0 Å². The molecule has 0 aliphatic heterocycles. The van der Waals surface area contributed by atoms with Gasteiger partial charge in [-0.05, 0) is 117 Å². The van der Waals surface area contributed by atoms with Crippen LogP contribution in [0.2, 0.25) is 0 Å². The summed E-state index contributed by atoms with van der Waals surface area (Å²) in [6.45, 7) is 22.3. The zero-order valence-electron chi connectivity index (χ0n) is 30.9. The normalized spacial score (nSPS) is 42.5. The van der Waals surface area contributed by atoms with Gasteiger partial charge in [0.25, 0.3) is 0 Å². The molecule has 0 bridgehead atoms. The van der Waals surface area contributed by atoms with E-state index in [1.54, 1.807) is 13.8 Å². The maximum Gasteiger partial charge on any atom is 0.306 e. The van der Waals surface area contributed by atoms with Crippen LogP contribution in [0, 0.1) is 68.5 Å². The maximum atomic E-state index is 12.8. The highest BCUT2D eigenvalue weighted by molar-refractivity contribution is 5.79. The number of carboxylic acids is 2. The van der Waals surface area contributed by atoms with Gasteiger partial charge in [0.15, 0.2) is 0 Å². The molecule has 0 aromatic heterocycles. The van der Waals surface area contributed by atoms with Gasteiger partial charge < -0.3 is 19.7 Å². The molecule has 8 nitrogen and oxygen atoms in total. The Bertz CT molecular complexity index is 1320. The zero-order chi connectivity index (χ0) is 35.6. The first-order valence-corrected chi connectivity index (χ1v) is 18.7. The third-order valence-corrected chi connectivity index (χ3v) is 15.8. The van der Waals surface area contributed by atoms with E-state index >= 15 is 0 Å². The minimum absolute atomic E-state index is 0.0950. The Morgan fingerprint density at radius 2 is 1.38 bits per heavy atom. The Morgan fingerprint density at radius 1 is 0.750 bits per heavy atom. The molecule has 8 heteroatoms. The van der Waals surface area contributed by atoms with Gasteiger partial charge in [-0.3, -0.25) is 19.2 Å². The lowest BCUT2D eigenvalue weighted by molar-refractivity contribution is -0.252. The van der Waals surface area contributed by atoms with E-state index in [0.29, 0.717) is 36.2 Å². The van der Waals surface area contributed by atoms with Gasteiger partial charge in [0.2, 0.25) is 0 Å². The molecule has 0 aromatic carbocycles. The Kier molecular flexibility index (Phi) is 9.79. The molecule has 5 saturated carbocycles. The van der Waals surface area contributed by atoms with E-state index in [1.807, 2.05) is 0 Å². The van der Waals surface area contributed by atoms with Crippen molar-refractivity contribution in [3.05, 3.63) is 12.2 Å². The average molecular weight is 671 g/mol. The molecule has 5 fully saturated rings. The minimum Gasteiger partial charge on any atom is -0.481 e. The molecule has 5 rings (SSSR count). The fourth-order valence-corrected chi connectivity index (χ4v) is 12.9. The van der Waals surface area contributed by atoms with Crippen molar-refractivity contribution in [2.75, 3.05) is 6.61 Å². The summed E-state index contributed by atoms with van der Waals surface area (Å²) in [4.78, 5) is 48.4. The molecule has 12 unspecified atom stereocenters. The van der Waals surface area contributed by atoms with Crippen LogP contribution in [-0.2, 0) is 28.7 Å². The zero-order valence-corrected chi connectivity index (χ0v) is 30.9. The molecule has 48 heavy (non-hydrogen) atoms. The first-order chi connectivity index (χ1) is 22.2. The van der Waals surface area contributed by atoms with Gasteiger partial charge in [-0.1, -0.05) is 60.6 Å². The minimum atomic E-state index is -0.976. The summed E-state index contributed by atoms with van der Waals surface area (Å²) in [6, 6.07) is 0. The summed E-state index contributed by atoms with van der Waals surface area (Å²) in [5.74, 6) is -2.06. The number of esters is 2. The predicted molar refractivity (Wildman–Crippen MR) is 183 cm³/mol. The number of hydrogen-bond donors (Lipinski definition) is 2. The fraction of sp³-hybridized carbons (Fsp3) is 0.850. The van der Waals surface area contributed by atoms with Crippen molar-refractivity contribution < 1.29 is 38.9 Å². The van der Waals surface area contributed by atoms with Gasteiger partial charge in [-0.2, -0.15) is 0 Å². The number of fused-ring (bicyclic) bond motifs is 7. The number of carboxylic acid groups (broad SMARTS) is 2. The van der Waals surface area contributed by atoms with Gasteiger partial charge in [0.05, 0.1) is 31.3 Å². The molecule has 5 aliphatic carbocycles. The number of carbonyl (C=O) groups is 4. The molecular weight excluding hydrogens is 608 g/mol. The first kappa shape index (κ1) is 36.9. The quantitative estimate of drug-likeness (QED) is 0.176. The summed E-state index contributed by atoms with van der Waals surface area (Å²) in [6.07, 6.45) is 10.1. The molecule has 0 heterocycles. The van der Waals surface area contributed by atoms with Crippen molar-refractivity contribution in [3.63, 3.8) is 0 Å². The van der Waals surface area contributed by atoms with Crippen LogP contribution in [-0.4, -0.2) is 46.8 Å². The van der Waals surface area contributed by atoms with Crippen molar-refractivity contribution in [2.24, 2.45) is 68.5 Å². The smallest absolute Gasteiger partial charge is 0.306 e. The number of rotatable bonds is 10. The SMILES string of the molecule is C=C(C)C1CCC2(COC(=O)CC(C)C(=O)O)CCC3(C)C(CCC4C5(C)CCC(OC(=O)CC(C)C(=O)O)C(C)(C)C5CCC43C)C12. The van der Waals surface area contributed by atoms with Gasteiger partial charge in [-0.25, -0.2) is 0 Å². The second-order valence-electron chi connectivity index (χ2n) is 18.4. The van der Waals surface area contributed by atoms with Gasteiger partial charge in [0.1, 0.15) is 6.10 Å². The summed E-state index contributed by atoms with van der Waals surface area (Å²) >= 11 is 0. The highest BCUT2D eigenvalue weighted by atomic mass is 16.5. The van der Waals surface area contributed by atoms with Gasteiger partial charge in [0, 0.05) is 10.8 Å². The molecule has 270 valence electrons. The average Bonchev–Trinajstić information content (AvgIpc) is 3.38. The van der Waals surface area contributed by atoms with E-state index in [1.165, 1.54) is 5.57 Å². The number of aliphatic carboxylic acids is 2. The Hall–Kier alpha value is -2.38. The lowest BCUT2D eigenvalue weighted by Crippen LogP contribution is -2.67. The summed E-state index contributed by atoms with van der Waals surface area (Å²) in [5, 5.41) is 18.6. The number of carbonyl (C=O) groups excluding carboxylic acids is 2. The molecule has 5 aliphatic rings. The van der Waals surface area contributed by atoms with E-state index in [2.05, 4.69) is 48.1 Å². The van der Waals surface area contributed by atoms with E-state index in [4.69, 9.17) is 9.47 Å². The summed E-state index contributed by atoms with van der Waals surface area (Å²) < 4.78 is 12.0. The third-order valence-electron chi connectivity index (χ3n) is 15.8. The monoisotopic (exact) mass is 670 g/mol. The van der Waals surface area contributed by atoms with Gasteiger partial charge >= 0.3 is 23.9 Å². The molecule has 0 spiro atoms. The van der Waals surface area contributed by atoms with Crippen LogP contribution in [0.4, 0.5) is 0 Å². The van der Waals surface area contributed by atoms with E-state index in [9.17, 15) is 29.4 Å². The fourth-order valence-electron chi connectivity index (χ4n) is 12.9. The number of ether oxygens (including phenoxy) is 2. The van der Waals surface area contributed by atoms with Crippen molar-refractivity contribution >= 4 is 23.9 Å². The Balaban J connectivity index is 1.38. The summed E-state index contributed by atoms with van der Waals surface area (Å²) in [7, 11) is 0. The van der Waals surface area contributed by atoms with Crippen LogP contribution in [0.5, 0.6) is 0 Å². The maximum absolute atomic E-state index is 12.8. The second kappa shape index (κ2) is 12.7. The largest absolute Gasteiger partial charge is 0.481 e. The van der Waals surface area contributed by atoms with Crippen LogP contribution in [0.1, 0.15) is 132 Å². The van der Waals surface area contributed by atoms with Crippen molar-refractivity contribution in [1.29, 1.82) is 0 Å². The van der Waals surface area contributed by atoms with Crippen LogP contribution >= 0.6 is 0 Å². The van der Waals surface area contributed by atoms with Crippen LogP contribution < -0.4 is 0 Å². The molecule has 0 saturated heterocycles. The van der Waals surface area contributed by atoms with Crippen molar-refractivity contribution in [2.45, 2.75) is 139 Å². The third kappa shape index (κ3) is 5.83.